The standard InChI is InChI=1S/C13H8FN5S/c1-7-4-8(2-3-9(7)14)13-16-11(6-20-13)12-10(5-15)17-19-18-12/h2-4,6H,1H3,(H,17,18,19). The van der Waals surface area contributed by atoms with Gasteiger partial charge < -0.3 is 0 Å². The molecule has 0 aliphatic rings. The first-order valence-electron chi connectivity index (χ1n) is 5.72. The Balaban J connectivity index is 2.02. The average Bonchev–Trinajstić information content (AvgIpc) is 3.09. The Bertz CT molecular complexity index is 814. The number of thiazole rings is 1. The summed E-state index contributed by atoms with van der Waals surface area (Å²) in [6.45, 7) is 1.71. The minimum Gasteiger partial charge on any atom is -0.234 e. The SMILES string of the molecule is Cc1cc(-c2nc(-c3n[nH]nc3C#N)cs2)ccc1F. The highest BCUT2D eigenvalue weighted by Gasteiger charge is 2.14. The molecule has 5 nitrogen and oxygen atoms in total. The fourth-order valence-electron chi connectivity index (χ4n) is 1.78. The predicted molar refractivity (Wildman–Crippen MR) is 72.3 cm³/mol. The highest BCUT2D eigenvalue weighted by atomic mass is 32.1. The molecule has 0 saturated heterocycles. The van der Waals surface area contributed by atoms with Crippen LogP contribution in [0.25, 0.3) is 22.0 Å². The van der Waals surface area contributed by atoms with E-state index in [1.165, 1.54) is 17.4 Å². The zero-order chi connectivity index (χ0) is 14.1. The Kier molecular flexibility index (Phi) is 3.00. The van der Waals surface area contributed by atoms with Crippen molar-refractivity contribution in [2.24, 2.45) is 0 Å². The highest BCUT2D eigenvalue weighted by Crippen LogP contribution is 2.29. The number of nitrogens with zero attached hydrogens (tertiary/aromatic N) is 4. The van der Waals surface area contributed by atoms with E-state index in [0.29, 0.717) is 17.0 Å². The Hall–Kier alpha value is -2.59. The number of aromatic amines is 1. The maximum Gasteiger partial charge on any atom is 0.192 e. The number of aromatic nitrogens is 4. The summed E-state index contributed by atoms with van der Waals surface area (Å²) in [5, 5.41) is 21.5. The van der Waals surface area contributed by atoms with Crippen LogP contribution in [0, 0.1) is 24.1 Å². The van der Waals surface area contributed by atoms with E-state index < -0.39 is 0 Å². The molecule has 0 unspecified atom stereocenters. The topological polar surface area (TPSA) is 78.2 Å². The van der Waals surface area contributed by atoms with Crippen molar-refractivity contribution in [3.63, 3.8) is 0 Å². The van der Waals surface area contributed by atoms with Crippen molar-refractivity contribution in [2.75, 3.05) is 0 Å². The van der Waals surface area contributed by atoms with Gasteiger partial charge in [-0.25, -0.2) is 9.37 Å². The van der Waals surface area contributed by atoms with E-state index in [4.69, 9.17) is 5.26 Å². The number of aryl methyl sites for hydroxylation is 1. The first-order valence-corrected chi connectivity index (χ1v) is 6.60. The van der Waals surface area contributed by atoms with Crippen molar-refractivity contribution in [2.45, 2.75) is 6.92 Å². The van der Waals surface area contributed by atoms with Gasteiger partial charge in [0.1, 0.15) is 28.3 Å². The van der Waals surface area contributed by atoms with Gasteiger partial charge in [-0.2, -0.15) is 15.6 Å². The minimum atomic E-state index is -0.242. The van der Waals surface area contributed by atoms with Gasteiger partial charge in [0.25, 0.3) is 0 Å². The third kappa shape index (κ3) is 2.06. The van der Waals surface area contributed by atoms with Crippen LogP contribution in [-0.4, -0.2) is 20.4 Å². The number of rotatable bonds is 2. The molecule has 1 N–H and O–H groups in total. The van der Waals surface area contributed by atoms with Gasteiger partial charge in [-0.15, -0.1) is 16.4 Å². The molecule has 0 bridgehead atoms. The molecule has 0 radical (unpaired) electrons. The fourth-order valence-corrected chi connectivity index (χ4v) is 2.58. The molecule has 0 atom stereocenters. The van der Waals surface area contributed by atoms with Crippen molar-refractivity contribution in [1.29, 1.82) is 5.26 Å². The van der Waals surface area contributed by atoms with Crippen molar-refractivity contribution in [3.8, 4) is 28.0 Å². The van der Waals surface area contributed by atoms with Crippen LogP contribution in [0.15, 0.2) is 23.6 Å². The molecule has 0 saturated carbocycles. The summed E-state index contributed by atoms with van der Waals surface area (Å²) in [4.78, 5) is 4.42. The van der Waals surface area contributed by atoms with E-state index in [0.717, 1.165) is 10.6 Å². The monoisotopic (exact) mass is 285 g/mol. The molecule has 3 rings (SSSR count). The van der Waals surface area contributed by atoms with Gasteiger partial charge in [0.15, 0.2) is 5.69 Å². The second-order valence-corrected chi connectivity index (χ2v) is 4.99. The van der Waals surface area contributed by atoms with Gasteiger partial charge in [-0.05, 0) is 30.7 Å². The van der Waals surface area contributed by atoms with E-state index in [1.54, 1.807) is 24.4 Å². The maximum absolute atomic E-state index is 13.3. The number of H-pyrrole nitrogens is 1. The molecule has 98 valence electrons. The summed E-state index contributed by atoms with van der Waals surface area (Å²) < 4.78 is 13.3. The van der Waals surface area contributed by atoms with Crippen LogP contribution in [0.1, 0.15) is 11.3 Å². The minimum absolute atomic E-state index is 0.206. The lowest BCUT2D eigenvalue weighted by Gasteiger charge is -1.99. The lowest BCUT2D eigenvalue weighted by molar-refractivity contribution is 0.619. The van der Waals surface area contributed by atoms with Crippen molar-refractivity contribution in [1.82, 2.24) is 20.4 Å². The second-order valence-electron chi connectivity index (χ2n) is 4.13. The largest absolute Gasteiger partial charge is 0.234 e. The smallest absolute Gasteiger partial charge is 0.192 e. The summed E-state index contributed by atoms with van der Waals surface area (Å²) in [6.07, 6.45) is 0. The number of halogens is 1. The Labute approximate surface area is 117 Å². The molecule has 1 aromatic carbocycles. The van der Waals surface area contributed by atoms with E-state index in [9.17, 15) is 4.39 Å². The fraction of sp³-hybridized carbons (Fsp3) is 0.0769. The summed E-state index contributed by atoms with van der Waals surface area (Å²) in [5.74, 6) is -0.242. The first kappa shape index (κ1) is 12.4. The molecule has 2 aromatic heterocycles. The average molecular weight is 285 g/mol. The summed E-state index contributed by atoms with van der Waals surface area (Å²) >= 11 is 1.41. The third-order valence-electron chi connectivity index (χ3n) is 2.81. The Morgan fingerprint density at radius 1 is 1.35 bits per heavy atom. The number of benzene rings is 1. The van der Waals surface area contributed by atoms with Crippen molar-refractivity contribution in [3.05, 3.63) is 40.7 Å². The normalized spacial score (nSPS) is 10.4. The molecular formula is C13H8FN5S. The molecule has 0 amide bonds. The van der Waals surface area contributed by atoms with Crippen LogP contribution < -0.4 is 0 Å². The van der Waals surface area contributed by atoms with Crippen LogP contribution in [0.5, 0.6) is 0 Å². The molecular weight excluding hydrogens is 277 g/mol. The first-order chi connectivity index (χ1) is 9.69. The van der Waals surface area contributed by atoms with Gasteiger partial charge in [0, 0.05) is 10.9 Å². The Morgan fingerprint density at radius 3 is 2.95 bits per heavy atom. The summed E-state index contributed by atoms with van der Waals surface area (Å²) in [5.41, 5.74) is 2.61. The van der Waals surface area contributed by atoms with E-state index >= 15 is 0 Å². The van der Waals surface area contributed by atoms with E-state index in [-0.39, 0.29) is 11.5 Å². The predicted octanol–water partition coefficient (Wildman–Crippen LogP) is 2.91. The van der Waals surface area contributed by atoms with Crippen molar-refractivity contribution < 1.29 is 4.39 Å². The molecule has 2 heterocycles. The molecule has 20 heavy (non-hydrogen) atoms. The van der Waals surface area contributed by atoms with Gasteiger partial charge in [0.2, 0.25) is 0 Å². The van der Waals surface area contributed by atoms with Crippen molar-refractivity contribution >= 4 is 11.3 Å². The van der Waals surface area contributed by atoms with Gasteiger partial charge >= 0.3 is 0 Å². The molecule has 7 heteroatoms. The Morgan fingerprint density at radius 2 is 2.20 bits per heavy atom. The van der Waals surface area contributed by atoms with Gasteiger partial charge in [-0.3, -0.25) is 0 Å². The van der Waals surface area contributed by atoms with Gasteiger partial charge in [0.05, 0.1) is 0 Å². The van der Waals surface area contributed by atoms with Crippen LogP contribution in [-0.2, 0) is 0 Å². The van der Waals surface area contributed by atoms with E-state index in [1.807, 2.05) is 6.07 Å². The molecule has 3 aromatic rings. The number of hydrogen-bond donors (Lipinski definition) is 1. The summed E-state index contributed by atoms with van der Waals surface area (Å²) in [7, 11) is 0. The van der Waals surface area contributed by atoms with Crippen LogP contribution >= 0.6 is 11.3 Å². The molecule has 0 aliphatic heterocycles. The number of nitriles is 1. The number of hydrogen-bond acceptors (Lipinski definition) is 5. The number of nitrogens with one attached hydrogen (secondary N) is 1. The lowest BCUT2D eigenvalue weighted by atomic mass is 10.1. The lowest BCUT2D eigenvalue weighted by Crippen LogP contribution is -1.85. The second kappa shape index (κ2) is 4.83. The molecule has 0 fully saturated rings. The molecule has 0 spiro atoms. The van der Waals surface area contributed by atoms with Crippen LogP contribution in [0.4, 0.5) is 4.39 Å². The third-order valence-corrected chi connectivity index (χ3v) is 3.70. The maximum atomic E-state index is 13.3. The van der Waals surface area contributed by atoms with Crippen LogP contribution in [0.2, 0.25) is 0 Å². The zero-order valence-electron chi connectivity index (χ0n) is 10.4. The quantitative estimate of drug-likeness (QED) is 0.785. The highest BCUT2D eigenvalue weighted by molar-refractivity contribution is 7.13. The summed E-state index contributed by atoms with van der Waals surface area (Å²) in [6, 6.07) is 6.79. The zero-order valence-corrected chi connectivity index (χ0v) is 11.2. The van der Waals surface area contributed by atoms with Crippen LogP contribution in [0.3, 0.4) is 0 Å². The molecule has 0 aliphatic carbocycles. The van der Waals surface area contributed by atoms with Gasteiger partial charge in [-0.1, -0.05) is 0 Å². The van der Waals surface area contributed by atoms with E-state index in [2.05, 4.69) is 20.4 Å².